The maximum Gasteiger partial charge on any atom is 0.146 e. The third kappa shape index (κ3) is 3.73. The molecule has 0 bridgehead atoms. The number of rotatable bonds is 6. The molecule has 5 heteroatoms. The Hall–Kier alpha value is -0.650. The predicted octanol–water partition coefficient (Wildman–Crippen LogP) is 2.26. The van der Waals surface area contributed by atoms with Gasteiger partial charge in [0.2, 0.25) is 0 Å². The highest BCUT2D eigenvalue weighted by atomic mass is 32.2. The van der Waals surface area contributed by atoms with E-state index in [-0.39, 0.29) is 11.9 Å². The van der Waals surface area contributed by atoms with Gasteiger partial charge in [-0.05, 0) is 12.5 Å². The number of pyridine rings is 1. The number of nitrogens with one attached hydrogen (secondary N) is 1. The van der Waals surface area contributed by atoms with E-state index >= 15 is 0 Å². The van der Waals surface area contributed by atoms with Gasteiger partial charge in [-0.1, -0.05) is 13.8 Å². The van der Waals surface area contributed by atoms with Crippen LogP contribution in [0.25, 0.3) is 0 Å². The summed E-state index contributed by atoms with van der Waals surface area (Å²) in [5.74, 6) is 5.90. The summed E-state index contributed by atoms with van der Waals surface area (Å²) in [5, 5.41) is 0.556. The molecule has 2 atom stereocenters. The minimum absolute atomic E-state index is 0.165. The molecular formula is C11H18FN3S. The molecular weight excluding hydrogens is 225 g/mol. The largest absolute Gasteiger partial charge is 0.271 e. The molecule has 1 aromatic rings. The minimum Gasteiger partial charge on any atom is -0.271 e. The van der Waals surface area contributed by atoms with Crippen LogP contribution >= 0.6 is 11.8 Å². The number of nitrogens with two attached hydrogens (primary N) is 1. The molecule has 0 fully saturated rings. The third-order valence-electron chi connectivity index (χ3n) is 2.50. The van der Waals surface area contributed by atoms with Crippen molar-refractivity contribution in [1.82, 2.24) is 10.4 Å². The Morgan fingerprint density at radius 3 is 2.94 bits per heavy atom. The van der Waals surface area contributed by atoms with Crippen molar-refractivity contribution < 1.29 is 4.39 Å². The Morgan fingerprint density at radius 2 is 2.38 bits per heavy atom. The van der Waals surface area contributed by atoms with E-state index in [2.05, 4.69) is 24.3 Å². The van der Waals surface area contributed by atoms with Gasteiger partial charge in [-0.3, -0.25) is 16.3 Å². The third-order valence-corrected chi connectivity index (χ3v) is 3.93. The molecule has 0 spiro atoms. The first-order valence-electron chi connectivity index (χ1n) is 5.36. The van der Waals surface area contributed by atoms with Crippen molar-refractivity contribution in [2.45, 2.75) is 31.6 Å². The van der Waals surface area contributed by atoms with Crippen molar-refractivity contribution in [3.8, 4) is 0 Å². The van der Waals surface area contributed by atoms with E-state index in [4.69, 9.17) is 5.84 Å². The first kappa shape index (κ1) is 13.4. The highest BCUT2D eigenvalue weighted by Crippen LogP contribution is 2.23. The molecule has 0 aliphatic heterocycles. The van der Waals surface area contributed by atoms with Gasteiger partial charge in [0.25, 0.3) is 0 Å². The second kappa shape index (κ2) is 6.83. The number of thioether (sulfide) groups is 1. The van der Waals surface area contributed by atoms with Gasteiger partial charge < -0.3 is 0 Å². The van der Waals surface area contributed by atoms with Gasteiger partial charge in [0, 0.05) is 22.8 Å². The molecule has 3 N–H and O–H groups in total. The number of halogens is 1. The highest BCUT2D eigenvalue weighted by molar-refractivity contribution is 7.99. The molecule has 1 aromatic heterocycles. The van der Waals surface area contributed by atoms with Crippen molar-refractivity contribution in [3.63, 3.8) is 0 Å². The van der Waals surface area contributed by atoms with Crippen LogP contribution in [0.15, 0.2) is 18.5 Å². The second-order valence-electron chi connectivity index (χ2n) is 3.67. The van der Waals surface area contributed by atoms with E-state index in [1.165, 1.54) is 6.20 Å². The summed E-state index contributed by atoms with van der Waals surface area (Å²) >= 11 is 1.78. The average Bonchev–Trinajstić information content (AvgIpc) is 2.31. The van der Waals surface area contributed by atoms with Gasteiger partial charge in [-0.2, -0.15) is 11.8 Å². The number of hydrogen-bond donors (Lipinski definition) is 2. The summed E-state index contributed by atoms with van der Waals surface area (Å²) in [5.41, 5.74) is 3.23. The Labute approximate surface area is 100.0 Å². The van der Waals surface area contributed by atoms with Crippen LogP contribution in [0.5, 0.6) is 0 Å². The zero-order valence-electron chi connectivity index (χ0n) is 9.61. The Kier molecular flexibility index (Phi) is 5.73. The zero-order chi connectivity index (χ0) is 12.0. The van der Waals surface area contributed by atoms with Crippen LogP contribution in [0.2, 0.25) is 0 Å². The van der Waals surface area contributed by atoms with E-state index in [0.717, 1.165) is 12.2 Å². The van der Waals surface area contributed by atoms with Gasteiger partial charge in [0.15, 0.2) is 0 Å². The smallest absolute Gasteiger partial charge is 0.146 e. The van der Waals surface area contributed by atoms with Gasteiger partial charge in [-0.25, -0.2) is 4.39 Å². The van der Waals surface area contributed by atoms with E-state index in [0.29, 0.717) is 10.8 Å². The topological polar surface area (TPSA) is 50.9 Å². The van der Waals surface area contributed by atoms with Gasteiger partial charge in [-0.15, -0.1) is 0 Å². The molecule has 0 amide bonds. The van der Waals surface area contributed by atoms with E-state index in [1.807, 2.05) is 0 Å². The summed E-state index contributed by atoms with van der Waals surface area (Å²) in [6.07, 6.45) is 3.89. The lowest BCUT2D eigenvalue weighted by Gasteiger charge is -2.18. The lowest BCUT2D eigenvalue weighted by molar-refractivity contribution is 0.542. The lowest BCUT2D eigenvalue weighted by atomic mass is 10.1. The molecule has 3 nitrogen and oxygen atoms in total. The highest BCUT2D eigenvalue weighted by Gasteiger charge is 2.15. The predicted molar refractivity (Wildman–Crippen MR) is 66.5 cm³/mol. The van der Waals surface area contributed by atoms with Crippen LogP contribution in [0.1, 0.15) is 31.9 Å². The van der Waals surface area contributed by atoms with Crippen LogP contribution in [0.4, 0.5) is 4.39 Å². The first-order valence-corrected chi connectivity index (χ1v) is 6.41. The van der Waals surface area contributed by atoms with Gasteiger partial charge in [0.1, 0.15) is 5.82 Å². The molecule has 1 heterocycles. The molecule has 0 aromatic carbocycles. The van der Waals surface area contributed by atoms with Crippen molar-refractivity contribution in [3.05, 3.63) is 29.8 Å². The average molecular weight is 243 g/mol. The summed E-state index contributed by atoms with van der Waals surface area (Å²) in [7, 11) is 0. The van der Waals surface area contributed by atoms with Crippen molar-refractivity contribution >= 4 is 11.8 Å². The molecule has 90 valence electrons. The molecule has 2 unspecified atom stereocenters. The fourth-order valence-electron chi connectivity index (χ4n) is 1.27. The summed E-state index contributed by atoms with van der Waals surface area (Å²) in [6, 6.07) is 1.50. The van der Waals surface area contributed by atoms with Crippen LogP contribution in [0.3, 0.4) is 0 Å². The van der Waals surface area contributed by atoms with Crippen LogP contribution < -0.4 is 11.3 Å². The van der Waals surface area contributed by atoms with Crippen molar-refractivity contribution in [2.24, 2.45) is 5.84 Å². The van der Waals surface area contributed by atoms with Crippen molar-refractivity contribution in [1.29, 1.82) is 0 Å². The maximum atomic E-state index is 13.5. The summed E-state index contributed by atoms with van der Waals surface area (Å²) in [6.45, 7) is 4.29. The quantitative estimate of drug-likeness (QED) is 0.594. The number of hydrogen-bond acceptors (Lipinski definition) is 4. The Morgan fingerprint density at radius 1 is 1.62 bits per heavy atom. The molecule has 0 saturated heterocycles. The number of nitrogens with zero attached hydrogens (tertiary/aromatic N) is 1. The first-order chi connectivity index (χ1) is 7.69. The molecule has 0 aliphatic carbocycles. The van der Waals surface area contributed by atoms with Gasteiger partial charge in [0.05, 0.1) is 12.2 Å². The van der Waals surface area contributed by atoms with Crippen LogP contribution in [0, 0.1) is 5.82 Å². The minimum atomic E-state index is -0.310. The Bertz CT molecular complexity index is 322. The molecule has 0 saturated carbocycles. The van der Waals surface area contributed by atoms with E-state index in [1.54, 1.807) is 24.0 Å². The summed E-state index contributed by atoms with van der Waals surface area (Å²) < 4.78 is 13.5. The molecule has 0 aliphatic rings. The normalized spacial score (nSPS) is 14.8. The summed E-state index contributed by atoms with van der Waals surface area (Å²) in [4.78, 5) is 3.72. The Balaban J connectivity index is 2.64. The van der Waals surface area contributed by atoms with Crippen LogP contribution in [-0.2, 0) is 0 Å². The molecule has 16 heavy (non-hydrogen) atoms. The molecule has 0 radical (unpaired) electrons. The van der Waals surface area contributed by atoms with Crippen molar-refractivity contribution in [2.75, 3.05) is 5.75 Å². The standard InChI is InChI=1S/C11H18FN3S/c1-3-8(2)16-7-11(15-13)9-4-5-14-6-10(9)12/h4-6,8,11,15H,3,7,13H2,1-2H3. The zero-order valence-corrected chi connectivity index (χ0v) is 10.4. The van der Waals surface area contributed by atoms with Crippen LogP contribution in [-0.4, -0.2) is 16.0 Å². The maximum absolute atomic E-state index is 13.5. The number of aromatic nitrogens is 1. The van der Waals surface area contributed by atoms with Gasteiger partial charge >= 0.3 is 0 Å². The van der Waals surface area contributed by atoms with E-state index < -0.39 is 0 Å². The fourth-order valence-corrected chi connectivity index (χ4v) is 2.31. The number of hydrazine groups is 1. The second-order valence-corrected chi connectivity index (χ2v) is 5.14. The fraction of sp³-hybridized carbons (Fsp3) is 0.545. The molecule has 1 rings (SSSR count). The SMILES string of the molecule is CCC(C)SCC(NN)c1ccncc1F. The van der Waals surface area contributed by atoms with E-state index in [9.17, 15) is 4.39 Å². The lowest BCUT2D eigenvalue weighted by Crippen LogP contribution is -2.30. The monoisotopic (exact) mass is 243 g/mol.